The van der Waals surface area contributed by atoms with Crippen LogP contribution in [0.25, 0.3) is 0 Å². The molecule has 1 unspecified atom stereocenters. The van der Waals surface area contributed by atoms with Crippen molar-refractivity contribution in [1.29, 1.82) is 0 Å². The van der Waals surface area contributed by atoms with Crippen molar-refractivity contribution in [1.82, 2.24) is 10.3 Å². The molecule has 0 aromatic carbocycles. The molecule has 1 N–H and O–H groups in total. The standard InChI is InChI=1S/C12H20N2S/c1-8(2)6-12-14-10-5-4-9(13-3)7-11(10)15-12/h8-9,13H,4-7H2,1-3H3. The van der Waals surface area contributed by atoms with E-state index in [1.807, 2.05) is 11.3 Å². The van der Waals surface area contributed by atoms with Crippen molar-refractivity contribution in [2.24, 2.45) is 5.92 Å². The van der Waals surface area contributed by atoms with Crippen molar-refractivity contribution in [2.75, 3.05) is 7.05 Å². The van der Waals surface area contributed by atoms with E-state index in [-0.39, 0.29) is 0 Å². The summed E-state index contributed by atoms with van der Waals surface area (Å²) in [5, 5.41) is 4.71. The van der Waals surface area contributed by atoms with Crippen molar-refractivity contribution in [2.45, 2.75) is 45.6 Å². The van der Waals surface area contributed by atoms with E-state index in [9.17, 15) is 0 Å². The second-order valence-electron chi connectivity index (χ2n) is 4.80. The van der Waals surface area contributed by atoms with Crippen LogP contribution in [0.2, 0.25) is 0 Å². The molecule has 1 aliphatic carbocycles. The van der Waals surface area contributed by atoms with Crippen molar-refractivity contribution in [3.05, 3.63) is 15.6 Å². The number of aromatic nitrogens is 1. The number of rotatable bonds is 3. The second-order valence-corrected chi connectivity index (χ2v) is 5.97. The lowest BCUT2D eigenvalue weighted by Crippen LogP contribution is -2.30. The van der Waals surface area contributed by atoms with E-state index in [0.717, 1.165) is 18.8 Å². The summed E-state index contributed by atoms with van der Waals surface area (Å²) >= 11 is 1.93. The van der Waals surface area contributed by atoms with Gasteiger partial charge in [-0.05, 0) is 32.2 Å². The van der Waals surface area contributed by atoms with Crippen LogP contribution < -0.4 is 5.32 Å². The summed E-state index contributed by atoms with van der Waals surface area (Å²) in [6.07, 6.45) is 4.73. The Kier molecular flexibility index (Phi) is 3.42. The molecule has 1 aromatic rings. The number of nitrogens with zero attached hydrogens (tertiary/aromatic N) is 1. The van der Waals surface area contributed by atoms with E-state index < -0.39 is 0 Å². The highest BCUT2D eigenvalue weighted by molar-refractivity contribution is 7.11. The molecule has 0 amide bonds. The van der Waals surface area contributed by atoms with Gasteiger partial charge in [0.2, 0.25) is 0 Å². The smallest absolute Gasteiger partial charge is 0.0933 e. The van der Waals surface area contributed by atoms with Crippen molar-refractivity contribution in [3.63, 3.8) is 0 Å². The second kappa shape index (κ2) is 4.62. The average molecular weight is 224 g/mol. The Balaban J connectivity index is 2.11. The molecule has 0 bridgehead atoms. The zero-order valence-corrected chi connectivity index (χ0v) is 10.7. The lowest BCUT2D eigenvalue weighted by atomic mass is 9.98. The number of thiazole rings is 1. The van der Waals surface area contributed by atoms with Crippen LogP contribution in [-0.4, -0.2) is 18.1 Å². The number of likely N-dealkylation sites (N-methyl/N-ethyl adjacent to an activating group) is 1. The molecule has 1 aromatic heterocycles. The monoisotopic (exact) mass is 224 g/mol. The van der Waals surface area contributed by atoms with E-state index in [1.165, 1.54) is 28.4 Å². The first-order valence-electron chi connectivity index (χ1n) is 5.83. The number of aryl methyl sites for hydroxylation is 1. The minimum absolute atomic E-state index is 0.671. The fourth-order valence-corrected chi connectivity index (χ4v) is 3.52. The van der Waals surface area contributed by atoms with E-state index >= 15 is 0 Å². The molecule has 2 nitrogen and oxygen atoms in total. The Labute approximate surface area is 96.1 Å². The van der Waals surface area contributed by atoms with E-state index in [4.69, 9.17) is 4.98 Å². The molecule has 1 atom stereocenters. The highest BCUT2D eigenvalue weighted by atomic mass is 32.1. The van der Waals surface area contributed by atoms with Gasteiger partial charge >= 0.3 is 0 Å². The van der Waals surface area contributed by atoms with Gasteiger partial charge in [-0.15, -0.1) is 11.3 Å². The minimum atomic E-state index is 0.671. The maximum absolute atomic E-state index is 4.75. The van der Waals surface area contributed by atoms with Crippen LogP contribution in [-0.2, 0) is 19.3 Å². The molecule has 0 spiro atoms. The summed E-state index contributed by atoms with van der Waals surface area (Å²) in [4.78, 5) is 6.27. The summed E-state index contributed by atoms with van der Waals surface area (Å²) in [5.74, 6) is 0.720. The van der Waals surface area contributed by atoms with Gasteiger partial charge in [-0.25, -0.2) is 4.98 Å². The Hall–Kier alpha value is -0.410. The zero-order chi connectivity index (χ0) is 10.8. The van der Waals surface area contributed by atoms with Crippen LogP contribution in [0.4, 0.5) is 0 Å². The summed E-state index contributed by atoms with van der Waals surface area (Å²) in [7, 11) is 2.06. The largest absolute Gasteiger partial charge is 0.317 e. The van der Waals surface area contributed by atoms with Gasteiger partial charge in [0.1, 0.15) is 0 Å². The molecule has 1 heterocycles. The van der Waals surface area contributed by atoms with Gasteiger partial charge in [0.25, 0.3) is 0 Å². The highest BCUT2D eigenvalue weighted by Gasteiger charge is 2.21. The van der Waals surface area contributed by atoms with Gasteiger partial charge in [-0.2, -0.15) is 0 Å². The number of hydrogen-bond donors (Lipinski definition) is 1. The fourth-order valence-electron chi connectivity index (χ4n) is 2.11. The van der Waals surface area contributed by atoms with E-state index in [0.29, 0.717) is 6.04 Å². The maximum Gasteiger partial charge on any atom is 0.0933 e. The molecule has 1 aliphatic rings. The number of nitrogens with one attached hydrogen (secondary N) is 1. The third-order valence-electron chi connectivity index (χ3n) is 2.98. The number of fused-ring (bicyclic) bond motifs is 1. The van der Waals surface area contributed by atoms with Gasteiger partial charge in [-0.1, -0.05) is 13.8 Å². The molecule has 0 saturated heterocycles. The molecule has 0 saturated carbocycles. The summed E-state index contributed by atoms with van der Waals surface area (Å²) in [6, 6.07) is 0.671. The highest BCUT2D eigenvalue weighted by Crippen LogP contribution is 2.28. The summed E-state index contributed by atoms with van der Waals surface area (Å²) < 4.78 is 0. The molecule has 0 aliphatic heterocycles. The first-order chi connectivity index (χ1) is 7.19. The summed E-state index contributed by atoms with van der Waals surface area (Å²) in [5.41, 5.74) is 1.38. The molecule has 0 radical (unpaired) electrons. The zero-order valence-electron chi connectivity index (χ0n) is 9.84. The normalized spacial score (nSPS) is 20.7. The van der Waals surface area contributed by atoms with Gasteiger partial charge in [0, 0.05) is 17.3 Å². The van der Waals surface area contributed by atoms with Crippen LogP contribution in [0.3, 0.4) is 0 Å². The van der Waals surface area contributed by atoms with E-state index in [2.05, 4.69) is 26.2 Å². The van der Waals surface area contributed by atoms with Gasteiger partial charge < -0.3 is 5.32 Å². The quantitative estimate of drug-likeness (QED) is 0.853. The maximum atomic E-state index is 4.75. The molecule has 2 rings (SSSR count). The van der Waals surface area contributed by atoms with Crippen molar-refractivity contribution < 1.29 is 0 Å². The Morgan fingerprint density at radius 1 is 1.53 bits per heavy atom. The minimum Gasteiger partial charge on any atom is -0.317 e. The van der Waals surface area contributed by atoms with Gasteiger partial charge in [0.15, 0.2) is 0 Å². The number of hydrogen-bond acceptors (Lipinski definition) is 3. The van der Waals surface area contributed by atoms with Gasteiger partial charge in [0.05, 0.1) is 10.7 Å². The van der Waals surface area contributed by atoms with Gasteiger partial charge in [-0.3, -0.25) is 0 Å². The molecule has 3 heteroatoms. The average Bonchev–Trinajstić information content (AvgIpc) is 2.57. The fraction of sp³-hybridized carbons (Fsp3) is 0.750. The Morgan fingerprint density at radius 2 is 2.33 bits per heavy atom. The molecular weight excluding hydrogens is 204 g/mol. The van der Waals surface area contributed by atoms with Crippen LogP contribution >= 0.6 is 11.3 Å². The molecule has 84 valence electrons. The van der Waals surface area contributed by atoms with Crippen molar-refractivity contribution in [3.8, 4) is 0 Å². The first-order valence-corrected chi connectivity index (χ1v) is 6.65. The Morgan fingerprint density at radius 3 is 3.00 bits per heavy atom. The lowest BCUT2D eigenvalue weighted by molar-refractivity contribution is 0.496. The summed E-state index contributed by atoms with van der Waals surface area (Å²) in [6.45, 7) is 4.52. The Bertz CT molecular complexity index is 330. The van der Waals surface area contributed by atoms with Crippen LogP contribution in [0, 0.1) is 5.92 Å². The van der Waals surface area contributed by atoms with Crippen LogP contribution in [0.1, 0.15) is 35.8 Å². The molecular formula is C12H20N2S. The van der Waals surface area contributed by atoms with Crippen LogP contribution in [0.5, 0.6) is 0 Å². The first kappa shape index (κ1) is 11.1. The van der Waals surface area contributed by atoms with E-state index in [1.54, 1.807) is 0 Å². The molecule has 0 fully saturated rings. The lowest BCUT2D eigenvalue weighted by Gasteiger charge is -2.19. The third kappa shape index (κ3) is 2.58. The topological polar surface area (TPSA) is 24.9 Å². The predicted molar refractivity (Wildman–Crippen MR) is 65.5 cm³/mol. The van der Waals surface area contributed by atoms with Crippen molar-refractivity contribution >= 4 is 11.3 Å². The SMILES string of the molecule is CNC1CCc2nc(CC(C)C)sc2C1. The van der Waals surface area contributed by atoms with Crippen LogP contribution in [0.15, 0.2) is 0 Å². The predicted octanol–water partition coefficient (Wildman–Crippen LogP) is 2.42. The molecule has 15 heavy (non-hydrogen) atoms. The third-order valence-corrected chi connectivity index (χ3v) is 4.12.